The maximum atomic E-state index is 14.4. The molecule has 0 saturated carbocycles. The van der Waals surface area contributed by atoms with Crippen LogP contribution in [-0.4, -0.2) is 66.3 Å². The summed E-state index contributed by atoms with van der Waals surface area (Å²) in [4.78, 5) is 55.2. The fourth-order valence-electron chi connectivity index (χ4n) is 4.17. The van der Waals surface area contributed by atoms with E-state index in [0.29, 0.717) is 0 Å². The molecule has 0 bridgehead atoms. The Labute approximate surface area is 282 Å². The Kier molecular flexibility index (Phi) is 14.5. The SMILES string of the molecule is CC(C)(C=NC(=O)[C@@H](O)[C@@H](COCc1ccccc1)NC(=O)C(C)(C)C)CNC(=O)CC(Cc1cc(F)ccc1F)NC(=O)C(C)(C)C. The second kappa shape index (κ2) is 17.4. The van der Waals surface area contributed by atoms with E-state index in [9.17, 15) is 33.1 Å². The maximum absolute atomic E-state index is 14.4. The van der Waals surface area contributed by atoms with E-state index in [-0.39, 0.29) is 50.0 Å². The third kappa shape index (κ3) is 14.0. The lowest BCUT2D eigenvalue weighted by Crippen LogP contribution is -2.52. The van der Waals surface area contributed by atoms with Crippen molar-refractivity contribution in [3.63, 3.8) is 0 Å². The number of ether oxygens (including phenoxy) is 1. The number of aliphatic hydroxyl groups excluding tert-OH is 1. The largest absolute Gasteiger partial charge is 0.381 e. The first kappa shape index (κ1) is 40.1. The number of carbonyl (C=O) groups excluding carboxylic acids is 4. The molecule has 4 amide bonds. The summed E-state index contributed by atoms with van der Waals surface area (Å²) in [6, 6.07) is 10.4. The highest BCUT2D eigenvalue weighted by molar-refractivity contribution is 5.91. The average molecular weight is 673 g/mol. The molecule has 264 valence electrons. The van der Waals surface area contributed by atoms with E-state index >= 15 is 0 Å². The number of nitrogens with zero attached hydrogens (tertiary/aromatic N) is 1. The number of benzene rings is 2. The van der Waals surface area contributed by atoms with Crippen molar-refractivity contribution >= 4 is 29.8 Å². The van der Waals surface area contributed by atoms with Crippen molar-refractivity contribution < 1.29 is 37.8 Å². The molecule has 0 aromatic heterocycles. The van der Waals surface area contributed by atoms with Crippen LogP contribution < -0.4 is 16.0 Å². The third-order valence-electron chi connectivity index (χ3n) is 7.25. The van der Waals surface area contributed by atoms with Crippen LogP contribution in [0.15, 0.2) is 53.5 Å². The molecule has 12 heteroatoms. The zero-order valence-corrected chi connectivity index (χ0v) is 29.2. The molecule has 0 aliphatic rings. The number of hydrogen-bond donors (Lipinski definition) is 4. The Balaban J connectivity index is 2.06. The number of nitrogens with one attached hydrogen (secondary N) is 3. The molecule has 4 N–H and O–H groups in total. The predicted molar refractivity (Wildman–Crippen MR) is 180 cm³/mol. The highest BCUT2D eigenvalue weighted by atomic mass is 19.1. The molecule has 0 saturated heterocycles. The Morgan fingerprint density at radius 3 is 2.10 bits per heavy atom. The second-order valence-electron chi connectivity index (χ2n) is 14.7. The van der Waals surface area contributed by atoms with Crippen LogP contribution >= 0.6 is 0 Å². The first-order chi connectivity index (χ1) is 22.2. The van der Waals surface area contributed by atoms with Gasteiger partial charge in [0.05, 0.1) is 19.3 Å². The maximum Gasteiger partial charge on any atom is 0.276 e. The van der Waals surface area contributed by atoms with Crippen molar-refractivity contribution in [2.24, 2.45) is 21.2 Å². The van der Waals surface area contributed by atoms with Crippen molar-refractivity contribution in [1.29, 1.82) is 0 Å². The Bertz CT molecular complexity index is 1430. The second-order valence-corrected chi connectivity index (χ2v) is 14.7. The van der Waals surface area contributed by atoms with Gasteiger partial charge in [-0.05, 0) is 35.7 Å². The van der Waals surface area contributed by atoms with Gasteiger partial charge in [0.2, 0.25) is 17.7 Å². The topological polar surface area (TPSA) is 146 Å². The van der Waals surface area contributed by atoms with Gasteiger partial charge in [0.25, 0.3) is 5.91 Å². The standard InChI is InChI=1S/C36H50F2N4O6/c1-34(2,3)32(46)41-26(17-24-16-25(37)14-15-27(24)38)18-29(43)39-21-36(7,8)22-40-31(45)30(44)28(42-33(47)35(4,5)6)20-48-19-23-12-10-9-11-13-23/h9-16,22,26,28,30,44H,17-21H2,1-8H3,(H,39,43)(H,41,46)(H,42,47)/t26?,28-,30+/m1/s1. The van der Waals surface area contributed by atoms with Gasteiger partial charge >= 0.3 is 0 Å². The summed E-state index contributed by atoms with van der Waals surface area (Å²) in [5.41, 5.74) is -1.53. The molecule has 0 heterocycles. The average Bonchev–Trinajstić information content (AvgIpc) is 2.99. The van der Waals surface area contributed by atoms with Crippen LogP contribution in [0, 0.1) is 27.9 Å². The number of hydrogen-bond acceptors (Lipinski definition) is 6. The normalized spacial score (nSPS) is 14.2. The van der Waals surface area contributed by atoms with Crippen molar-refractivity contribution in [2.75, 3.05) is 13.2 Å². The number of carbonyl (C=O) groups is 4. The van der Waals surface area contributed by atoms with E-state index in [4.69, 9.17) is 4.74 Å². The quantitative estimate of drug-likeness (QED) is 0.208. The summed E-state index contributed by atoms with van der Waals surface area (Å²) in [5, 5.41) is 19.1. The van der Waals surface area contributed by atoms with Crippen LogP contribution in [0.4, 0.5) is 8.78 Å². The lowest BCUT2D eigenvalue weighted by molar-refractivity contribution is -0.134. The molecule has 0 radical (unpaired) electrons. The monoisotopic (exact) mass is 672 g/mol. The number of aliphatic hydroxyl groups is 1. The minimum Gasteiger partial charge on any atom is -0.381 e. The minimum absolute atomic E-state index is 0.0222. The van der Waals surface area contributed by atoms with Gasteiger partial charge < -0.3 is 25.8 Å². The van der Waals surface area contributed by atoms with Crippen LogP contribution in [0.2, 0.25) is 0 Å². The molecule has 0 spiro atoms. The predicted octanol–water partition coefficient (Wildman–Crippen LogP) is 4.28. The van der Waals surface area contributed by atoms with E-state index < -0.39 is 57.9 Å². The van der Waals surface area contributed by atoms with Crippen LogP contribution in [0.1, 0.15) is 72.9 Å². The number of amides is 4. The molecule has 48 heavy (non-hydrogen) atoms. The zero-order chi connectivity index (χ0) is 36.3. The Morgan fingerprint density at radius 1 is 0.896 bits per heavy atom. The first-order valence-electron chi connectivity index (χ1n) is 15.9. The minimum atomic E-state index is -1.70. The van der Waals surface area contributed by atoms with E-state index in [2.05, 4.69) is 20.9 Å². The van der Waals surface area contributed by atoms with Crippen molar-refractivity contribution in [3.8, 4) is 0 Å². The fourth-order valence-corrected chi connectivity index (χ4v) is 4.17. The van der Waals surface area contributed by atoms with Gasteiger partial charge in [-0.15, -0.1) is 0 Å². The highest BCUT2D eigenvalue weighted by Crippen LogP contribution is 2.18. The number of halogens is 2. The van der Waals surface area contributed by atoms with Gasteiger partial charge in [-0.2, -0.15) is 0 Å². The zero-order valence-electron chi connectivity index (χ0n) is 29.2. The number of rotatable bonds is 15. The van der Waals surface area contributed by atoms with Gasteiger partial charge in [0, 0.05) is 41.5 Å². The Morgan fingerprint density at radius 2 is 1.50 bits per heavy atom. The molecule has 1 unspecified atom stereocenters. The van der Waals surface area contributed by atoms with Gasteiger partial charge in [0.15, 0.2) is 6.10 Å². The van der Waals surface area contributed by atoms with Crippen LogP contribution in [0.5, 0.6) is 0 Å². The fraction of sp³-hybridized carbons (Fsp3) is 0.528. The van der Waals surface area contributed by atoms with Crippen LogP contribution in [-0.2, 0) is 36.9 Å². The molecule has 2 rings (SSSR count). The summed E-state index contributed by atoms with van der Waals surface area (Å²) in [6.45, 7) is 13.7. The summed E-state index contributed by atoms with van der Waals surface area (Å²) in [7, 11) is 0. The van der Waals surface area contributed by atoms with Gasteiger partial charge in [-0.25, -0.2) is 13.8 Å². The van der Waals surface area contributed by atoms with E-state index in [1.807, 2.05) is 30.3 Å². The summed E-state index contributed by atoms with van der Waals surface area (Å²) in [5.74, 6) is -3.41. The smallest absolute Gasteiger partial charge is 0.276 e. The van der Waals surface area contributed by atoms with Crippen molar-refractivity contribution in [3.05, 3.63) is 71.3 Å². The molecule has 2 aromatic carbocycles. The van der Waals surface area contributed by atoms with E-state index in [0.717, 1.165) is 23.8 Å². The van der Waals surface area contributed by atoms with Gasteiger partial charge in [-0.1, -0.05) is 85.7 Å². The molecule has 0 fully saturated rings. The molecule has 10 nitrogen and oxygen atoms in total. The third-order valence-corrected chi connectivity index (χ3v) is 7.25. The molecule has 0 aliphatic heterocycles. The molecule has 0 aliphatic carbocycles. The lowest BCUT2D eigenvalue weighted by atomic mass is 9.93. The summed E-state index contributed by atoms with van der Waals surface area (Å²) >= 11 is 0. The Hall–Kier alpha value is -4.03. The van der Waals surface area contributed by atoms with Crippen molar-refractivity contribution in [1.82, 2.24) is 16.0 Å². The summed E-state index contributed by atoms with van der Waals surface area (Å²) < 4.78 is 33.9. The lowest BCUT2D eigenvalue weighted by Gasteiger charge is -2.27. The number of aliphatic imine (C=N–C) groups is 1. The first-order valence-corrected chi connectivity index (χ1v) is 15.9. The molecular weight excluding hydrogens is 622 g/mol. The van der Waals surface area contributed by atoms with Crippen LogP contribution in [0.25, 0.3) is 0 Å². The molecule has 2 aromatic rings. The van der Waals surface area contributed by atoms with Crippen molar-refractivity contribution in [2.45, 2.75) is 93.0 Å². The summed E-state index contributed by atoms with van der Waals surface area (Å²) in [6.07, 6.45) is -0.740. The highest BCUT2D eigenvalue weighted by Gasteiger charge is 2.32. The van der Waals surface area contributed by atoms with Gasteiger partial charge in [0.1, 0.15) is 11.6 Å². The van der Waals surface area contributed by atoms with E-state index in [1.165, 1.54) is 6.21 Å². The molecule has 3 atom stereocenters. The van der Waals surface area contributed by atoms with Gasteiger partial charge in [-0.3, -0.25) is 19.2 Å². The molecular formula is C36H50F2N4O6. The van der Waals surface area contributed by atoms with Crippen LogP contribution in [0.3, 0.4) is 0 Å². The van der Waals surface area contributed by atoms with E-state index in [1.54, 1.807) is 55.4 Å².